The lowest BCUT2D eigenvalue weighted by Crippen LogP contribution is -2.41. The van der Waals surface area contributed by atoms with Crippen molar-refractivity contribution in [3.05, 3.63) is 65.7 Å². The Morgan fingerprint density at radius 1 is 1.00 bits per heavy atom. The van der Waals surface area contributed by atoms with E-state index in [1.165, 1.54) is 24.3 Å². The minimum absolute atomic E-state index is 0.0848. The monoisotopic (exact) mass is 454 g/mol. The molecule has 1 atom stereocenters. The molecule has 5 nitrogen and oxygen atoms in total. The summed E-state index contributed by atoms with van der Waals surface area (Å²) in [5, 5.41) is 10.3. The Hall–Kier alpha value is -2.38. The lowest BCUT2D eigenvalue weighted by molar-refractivity contribution is -0.240. The molecule has 9 heteroatoms. The van der Waals surface area contributed by atoms with E-state index in [1.807, 2.05) is 24.7 Å². The first-order chi connectivity index (χ1) is 14.5. The summed E-state index contributed by atoms with van der Waals surface area (Å²) in [7, 11) is -3.75. The van der Waals surface area contributed by atoms with E-state index >= 15 is 0 Å². The van der Waals surface area contributed by atoms with Gasteiger partial charge in [0.2, 0.25) is 15.6 Å². The quantitative estimate of drug-likeness (QED) is 0.601. The van der Waals surface area contributed by atoms with Crippen molar-refractivity contribution in [2.24, 2.45) is 0 Å². The standard InChI is InChI=1S/C22H25F3N2O3S/c1-3-27(4-2)16-8-15-21(28,22(23,24)25)19-13-11-18(12-14-19)17-26-31(29,30)20-9-6-5-7-10-20/h5-7,9-14,26,28H,3-4,16-17H2,1-2H3. The molecule has 0 spiro atoms. The summed E-state index contributed by atoms with van der Waals surface area (Å²) in [6, 6.07) is 12.6. The number of sulfonamides is 1. The van der Waals surface area contributed by atoms with Crippen molar-refractivity contribution in [3.8, 4) is 11.8 Å². The zero-order chi connectivity index (χ0) is 23.1. The molecule has 0 saturated heterocycles. The third-order valence-electron chi connectivity index (χ3n) is 4.77. The summed E-state index contributed by atoms with van der Waals surface area (Å²) >= 11 is 0. The Bertz CT molecular complexity index is 1010. The maximum absolute atomic E-state index is 13.6. The summed E-state index contributed by atoms with van der Waals surface area (Å²) in [6.07, 6.45) is -5.00. The molecule has 0 radical (unpaired) electrons. The highest BCUT2D eigenvalue weighted by Crippen LogP contribution is 2.38. The summed E-state index contributed by atoms with van der Waals surface area (Å²) < 4.78 is 67.8. The molecule has 2 aromatic carbocycles. The van der Waals surface area contributed by atoms with Gasteiger partial charge in [-0.3, -0.25) is 4.90 Å². The van der Waals surface area contributed by atoms with Crippen LogP contribution in [0.5, 0.6) is 0 Å². The number of nitrogens with one attached hydrogen (secondary N) is 1. The fourth-order valence-corrected chi connectivity index (χ4v) is 3.80. The number of alkyl halides is 3. The van der Waals surface area contributed by atoms with Crippen LogP contribution in [0, 0.1) is 11.8 Å². The van der Waals surface area contributed by atoms with Gasteiger partial charge in [0.05, 0.1) is 11.4 Å². The topological polar surface area (TPSA) is 69.6 Å². The predicted octanol–water partition coefficient (Wildman–Crippen LogP) is 3.26. The molecule has 1 unspecified atom stereocenters. The Labute approximate surface area is 180 Å². The molecule has 0 aromatic heterocycles. The van der Waals surface area contributed by atoms with Crippen molar-refractivity contribution in [1.29, 1.82) is 0 Å². The second kappa shape index (κ2) is 10.3. The van der Waals surface area contributed by atoms with Crippen LogP contribution >= 0.6 is 0 Å². The lowest BCUT2D eigenvalue weighted by Gasteiger charge is -2.26. The van der Waals surface area contributed by atoms with E-state index in [4.69, 9.17) is 0 Å². The van der Waals surface area contributed by atoms with Gasteiger partial charge in [0.15, 0.2) is 0 Å². The maximum atomic E-state index is 13.6. The normalized spacial score (nSPS) is 14.0. The van der Waals surface area contributed by atoms with Gasteiger partial charge in [-0.2, -0.15) is 13.2 Å². The molecule has 2 N–H and O–H groups in total. The first-order valence-corrected chi connectivity index (χ1v) is 11.2. The van der Waals surface area contributed by atoms with Gasteiger partial charge in [-0.25, -0.2) is 13.1 Å². The van der Waals surface area contributed by atoms with E-state index in [-0.39, 0.29) is 18.0 Å². The third kappa shape index (κ3) is 6.31. The molecule has 0 aliphatic heterocycles. The van der Waals surface area contributed by atoms with Crippen LogP contribution in [0.1, 0.15) is 25.0 Å². The third-order valence-corrected chi connectivity index (χ3v) is 6.19. The number of nitrogens with zero attached hydrogens (tertiary/aromatic N) is 1. The second-order valence-corrected chi connectivity index (χ2v) is 8.57. The molecule has 2 rings (SSSR count). The first kappa shape index (κ1) is 24.9. The molecule has 31 heavy (non-hydrogen) atoms. The highest BCUT2D eigenvalue weighted by Gasteiger charge is 2.54. The van der Waals surface area contributed by atoms with Crippen LogP contribution < -0.4 is 4.72 Å². The van der Waals surface area contributed by atoms with Gasteiger partial charge in [0.25, 0.3) is 0 Å². The summed E-state index contributed by atoms with van der Waals surface area (Å²) in [5.74, 6) is 4.40. The maximum Gasteiger partial charge on any atom is 0.433 e. The Morgan fingerprint density at radius 3 is 2.10 bits per heavy atom. The van der Waals surface area contributed by atoms with Crippen LogP contribution in [-0.2, 0) is 22.2 Å². The SMILES string of the molecule is CCN(CC)CC#CC(O)(c1ccc(CNS(=O)(=O)c2ccccc2)cc1)C(F)(F)F. The average molecular weight is 455 g/mol. The Kier molecular flexibility index (Phi) is 8.26. The summed E-state index contributed by atoms with van der Waals surface area (Å²) in [5.41, 5.74) is -3.31. The summed E-state index contributed by atoms with van der Waals surface area (Å²) in [6.45, 7) is 4.98. The van der Waals surface area contributed by atoms with Gasteiger partial charge in [-0.15, -0.1) is 0 Å². The van der Waals surface area contributed by atoms with E-state index in [2.05, 4.69) is 10.6 Å². The van der Waals surface area contributed by atoms with Crippen molar-refractivity contribution in [2.45, 2.75) is 37.1 Å². The van der Waals surface area contributed by atoms with E-state index in [0.29, 0.717) is 18.7 Å². The Morgan fingerprint density at radius 2 is 1.58 bits per heavy atom. The van der Waals surface area contributed by atoms with Crippen molar-refractivity contribution in [2.75, 3.05) is 19.6 Å². The highest BCUT2D eigenvalue weighted by atomic mass is 32.2. The Balaban J connectivity index is 2.19. The fraction of sp³-hybridized carbons (Fsp3) is 0.364. The number of rotatable bonds is 8. The molecule has 0 fully saturated rings. The van der Waals surface area contributed by atoms with Crippen molar-refractivity contribution >= 4 is 10.0 Å². The van der Waals surface area contributed by atoms with Crippen LogP contribution in [0.3, 0.4) is 0 Å². The number of hydrogen-bond donors (Lipinski definition) is 2. The smallest absolute Gasteiger partial charge is 0.366 e. The van der Waals surface area contributed by atoms with Gasteiger partial charge in [-0.1, -0.05) is 68.2 Å². The van der Waals surface area contributed by atoms with Crippen molar-refractivity contribution in [1.82, 2.24) is 9.62 Å². The molecule has 0 aliphatic carbocycles. The van der Waals surface area contributed by atoms with Gasteiger partial charge < -0.3 is 5.11 Å². The summed E-state index contributed by atoms with van der Waals surface area (Å²) in [4.78, 5) is 1.91. The van der Waals surface area contributed by atoms with Gasteiger partial charge >= 0.3 is 6.18 Å². The molecule has 0 heterocycles. The highest BCUT2D eigenvalue weighted by molar-refractivity contribution is 7.89. The van der Waals surface area contributed by atoms with Crippen LogP contribution in [0.4, 0.5) is 13.2 Å². The number of hydrogen-bond acceptors (Lipinski definition) is 4. The van der Waals surface area contributed by atoms with E-state index in [9.17, 15) is 26.7 Å². The molecular weight excluding hydrogens is 429 g/mol. The predicted molar refractivity (Wildman–Crippen MR) is 112 cm³/mol. The first-order valence-electron chi connectivity index (χ1n) is 9.69. The van der Waals surface area contributed by atoms with Crippen LogP contribution in [-0.4, -0.2) is 44.2 Å². The number of aliphatic hydroxyl groups is 1. The van der Waals surface area contributed by atoms with Gasteiger partial charge in [0.1, 0.15) is 0 Å². The van der Waals surface area contributed by atoms with E-state index in [1.54, 1.807) is 18.2 Å². The van der Waals surface area contributed by atoms with Crippen molar-refractivity contribution < 1.29 is 26.7 Å². The van der Waals surface area contributed by atoms with E-state index in [0.717, 1.165) is 12.1 Å². The molecular formula is C22H25F3N2O3S. The molecule has 0 aliphatic rings. The lowest BCUT2D eigenvalue weighted by atomic mass is 9.93. The number of halogens is 3. The molecule has 168 valence electrons. The van der Waals surface area contributed by atoms with Crippen molar-refractivity contribution in [3.63, 3.8) is 0 Å². The van der Waals surface area contributed by atoms with Crippen LogP contribution in [0.15, 0.2) is 59.5 Å². The minimum atomic E-state index is -5.00. The van der Waals surface area contributed by atoms with Crippen LogP contribution in [0.25, 0.3) is 0 Å². The minimum Gasteiger partial charge on any atom is -0.366 e. The molecule has 0 saturated carbocycles. The second-order valence-electron chi connectivity index (χ2n) is 6.81. The molecule has 2 aromatic rings. The molecule has 0 bridgehead atoms. The average Bonchev–Trinajstić information content (AvgIpc) is 2.75. The van der Waals surface area contributed by atoms with Gasteiger partial charge in [-0.05, 0) is 30.8 Å². The zero-order valence-electron chi connectivity index (χ0n) is 17.3. The van der Waals surface area contributed by atoms with E-state index < -0.39 is 27.4 Å². The zero-order valence-corrected chi connectivity index (χ0v) is 18.1. The fourth-order valence-electron chi connectivity index (χ4n) is 2.76. The largest absolute Gasteiger partial charge is 0.433 e. The number of benzene rings is 2. The molecule has 0 amide bonds. The van der Waals surface area contributed by atoms with Crippen LogP contribution in [0.2, 0.25) is 0 Å². The van der Waals surface area contributed by atoms with Gasteiger partial charge in [0, 0.05) is 12.1 Å².